The third-order valence-electron chi connectivity index (χ3n) is 3.05. The van der Waals surface area contributed by atoms with Gasteiger partial charge in [0, 0.05) is 16.5 Å². The molecule has 0 atom stereocenters. The van der Waals surface area contributed by atoms with Crippen LogP contribution in [-0.2, 0) is 0 Å². The van der Waals surface area contributed by atoms with E-state index in [4.69, 9.17) is 10.5 Å². The van der Waals surface area contributed by atoms with Crippen molar-refractivity contribution >= 4 is 28.4 Å². The number of nitrogens with two attached hydrogens (primary N) is 1. The van der Waals surface area contributed by atoms with E-state index in [-0.39, 0.29) is 0 Å². The van der Waals surface area contributed by atoms with Gasteiger partial charge in [-0.15, -0.1) is 0 Å². The van der Waals surface area contributed by atoms with Gasteiger partial charge in [-0.05, 0) is 24.3 Å². The number of aromatic nitrogens is 1. The number of pyridine rings is 1. The number of benzene rings is 2. The van der Waals surface area contributed by atoms with Crippen molar-refractivity contribution in [2.45, 2.75) is 9.79 Å². The van der Waals surface area contributed by atoms with Gasteiger partial charge >= 0.3 is 0 Å². The van der Waals surface area contributed by atoms with Gasteiger partial charge in [0.1, 0.15) is 5.75 Å². The second-order valence-corrected chi connectivity index (χ2v) is 5.39. The van der Waals surface area contributed by atoms with E-state index < -0.39 is 0 Å². The van der Waals surface area contributed by atoms with Gasteiger partial charge in [0.2, 0.25) is 0 Å². The molecule has 0 amide bonds. The predicted octanol–water partition coefficient (Wildman–Crippen LogP) is 3.98. The Hall–Kier alpha value is -2.20. The van der Waals surface area contributed by atoms with E-state index in [1.807, 2.05) is 48.5 Å². The smallest absolute Gasteiger partial charge is 0.132 e. The summed E-state index contributed by atoms with van der Waals surface area (Å²) in [7, 11) is 1.68. The molecule has 3 nitrogen and oxygen atoms in total. The standard InChI is InChI=1S/C16H14N2OS/c1-19-13-7-2-3-8-15(13)20-14-9-10-18-16-11(14)5-4-6-12(16)17/h2-10H,17H2,1H3. The zero-order valence-electron chi connectivity index (χ0n) is 11.0. The summed E-state index contributed by atoms with van der Waals surface area (Å²) in [5.74, 6) is 0.867. The van der Waals surface area contributed by atoms with Gasteiger partial charge < -0.3 is 10.5 Å². The van der Waals surface area contributed by atoms with Crippen LogP contribution in [0.2, 0.25) is 0 Å². The van der Waals surface area contributed by atoms with Crippen molar-refractivity contribution in [3.8, 4) is 5.75 Å². The van der Waals surface area contributed by atoms with E-state index >= 15 is 0 Å². The first kappa shape index (κ1) is 12.8. The number of methoxy groups -OCH3 is 1. The first-order valence-electron chi connectivity index (χ1n) is 6.23. The highest BCUT2D eigenvalue weighted by Crippen LogP contribution is 2.38. The van der Waals surface area contributed by atoms with Crippen LogP contribution in [0.5, 0.6) is 5.75 Å². The van der Waals surface area contributed by atoms with Crippen molar-refractivity contribution in [2.75, 3.05) is 12.8 Å². The van der Waals surface area contributed by atoms with Crippen LogP contribution in [0, 0.1) is 0 Å². The van der Waals surface area contributed by atoms with E-state index in [0.717, 1.165) is 26.4 Å². The molecule has 0 fully saturated rings. The maximum Gasteiger partial charge on any atom is 0.132 e. The van der Waals surface area contributed by atoms with Gasteiger partial charge in [-0.25, -0.2) is 0 Å². The van der Waals surface area contributed by atoms with Gasteiger partial charge in [-0.2, -0.15) is 0 Å². The largest absolute Gasteiger partial charge is 0.496 e. The Morgan fingerprint density at radius 1 is 1.00 bits per heavy atom. The highest BCUT2D eigenvalue weighted by Gasteiger charge is 2.08. The van der Waals surface area contributed by atoms with Crippen LogP contribution in [-0.4, -0.2) is 12.1 Å². The van der Waals surface area contributed by atoms with E-state index in [1.165, 1.54) is 0 Å². The predicted molar refractivity (Wildman–Crippen MR) is 83.3 cm³/mol. The monoisotopic (exact) mass is 282 g/mol. The van der Waals surface area contributed by atoms with Crippen molar-refractivity contribution < 1.29 is 4.74 Å². The summed E-state index contributed by atoms with van der Waals surface area (Å²) < 4.78 is 5.39. The third kappa shape index (κ3) is 2.30. The fourth-order valence-corrected chi connectivity index (χ4v) is 3.12. The highest BCUT2D eigenvalue weighted by molar-refractivity contribution is 7.99. The quantitative estimate of drug-likeness (QED) is 0.738. The van der Waals surface area contributed by atoms with Crippen LogP contribution in [0.15, 0.2) is 64.5 Å². The van der Waals surface area contributed by atoms with Crippen LogP contribution < -0.4 is 10.5 Å². The summed E-state index contributed by atoms with van der Waals surface area (Å²) in [5.41, 5.74) is 7.52. The molecule has 0 aliphatic heterocycles. The van der Waals surface area contributed by atoms with Crippen molar-refractivity contribution in [3.05, 3.63) is 54.7 Å². The fourth-order valence-electron chi connectivity index (χ4n) is 2.08. The first-order valence-corrected chi connectivity index (χ1v) is 7.05. The van der Waals surface area contributed by atoms with Gasteiger partial charge in [0.15, 0.2) is 0 Å². The number of nitrogens with zero attached hydrogens (tertiary/aromatic N) is 1. The Morgan fingerprint density at radius 3 is 2.70 bits per heavy atom. The number of hydrogen-bond acceptors (Lipinski definition) is 4. The second kappa shape index (κ2) is 5.43. The molecular weight excluding hydrogens is 268 g/mol. The van der Waals surface area contributed by atoms with Crippen LogP contribution >= 0.6 is 11.8 Å². The molecule has 0 bridgehead atoms. The molecule has 0 radical (unpaired) electrons. The Morgan fingerprint density at radius 2 is 1.85 bits per heavy atom. The lowest BCUT2D eigenvalue weighted by Crippen LogP contribution is -1.90. The minimum atomic E-state index is 0.699. The Balaban J connectivity index is 2.09. The molecule has 0 saturated heterocycles. The van der Waals surface area contributed by atoms with Crippen molar-refractivity contribution in [1.29, 1.82) is 0 Å². The topological polar surface area (TPSA) is 48.1 Å². The molecule has 0 aliphatic carbocycles. The summed E-state index contributed by atoms with van der Waals surface area (Å²) in [4.78, 5) is 6.55. The fraction of sp³-hybridized carbons (Fsp3) is 0.0625. The number of ether oxygens (including phenoxy) is 1. The first-order chi connectivity index (χ1) is 9.79. The molecule has 0 spiro atoms. The van der Waals surface area contributed by atoms with E-state index in [1.54, 1.807) is 25.1 Å². The molecule has 2 aromatic carbocycles. The number of fused-ring (bicyclic) bond motifs is 1. The summed E-state index contributed by atoms with van der Waals surface area (Å²) in [6.45, 7) is 0. The number of rotatable bonds is 3. The maximum absolute atomic E-state index is 5.98. The van der Waals surface area contributed by atoms with Crippen molar-refractivity contribution in [3.63, 3.8) is 0 Å². The molecule has 0 aliphatic rings. The molecule has 2 N–H and O–H groups in total. The Kier molecular flexibility index (Phi) is 3.48. The van der Waals surface area contributed by atoms with Gasteiger partial charge in [-0.3, -0.25) is 4.98 Å². The minimum Gasteiger partial charge on any atom is -0.496 e. The summed E-state index contributed by atoms with van der Waals surface area (Å²) in [6, 6.07) is 15.8. The summed E-state index contributed by atoms with van der Waals surface area (Å²) >= 11 is 1.66. The lowest BCUT2D eigenvalue weighted by Gasteiger charge is -2.10. The molecule has 1 aromatic heterocycles. The Labute approximate surface area is 121 Å². The molecule has 0 saturated carbocycles. The highest BCUT2D eigenvalue weighted by atomic mass is 32.2. The minimum absolute atomic E-state index is 0.699. The third-order valence-corrected chi connectivity index (χ3v) is 4.18. The van der Waals surface area contributed by atoms with Gasteiger partial charge in [0.05, 0.1) is 23.2 Å². The number of anilines is 1. The SMILES string of the molecule is COc1ccccc1Sc1ccnc2c(N)cccc12. The van der Waals surface area contributed by atoms with E-state index in [2.05, 4.69) is 4.98 Å². The molecule has 4 heteroatoms. The Bertz CT molecular complexity index is 758. The number of para-hydroxylation sites is 2. The van der Waals surface area contributed by atoms with Crippen LogP contribution in [0.1, 0.15) is 0 Å². The maximum atomic E-state index is 5.98. The van der Waals surface area contributed by atoms with Gasteiger partial charge in [0.25, 0.3) is 0 Å². The van der Waals surface area contributed by atoms with Crippen LogP contribution in [0.4, 0.5) is 5.69 Å². The summed E-state index contributed by atoms with van der Waals surface area (Å²) in [5, 5.41) is 1.06. The molecular formula is C16H14N2OS. The molecule has 100 valence electrons. The number of hydrogen-bond donors (Lipinski definition) is 1. The van der Waals surface area contributed by atoms with E-state index in [0.29, 0.717) is 5.69 Å². The lowest BCUT2D eigenvalue weighted by molar-refractivity contribution is 0.405. The molecule has 1 heterocycles. The average Bonchev–Trinajstić information content (AvgIpc) is 2.49. The average molecular weight is 282 g/mol. The summed E-state index contributed by atoms with van der Waals surface area (Å²) in [6.07, 6.45) is 1.79. The zero-order chi connectivity index (χ0) is 13.9. The molecule has 3 rings (SSSR count). The van der Waals surface area contributed by atoms with E-state index in [9.17, 15) is 0 Å². The molecule has 20 heavy (non-hydrogen) atoms. The normalized spacial score (nSPS) is 10.7. The lowest BCUT2D eigenvalue weighted by atomic mass is 10.2. The molecule has 3 aromatic rings. The van der Waals surface area contributed by atoms with Crippen LogP contribution in [0.3, 0.4) is 0 Å². The number of nitrogen functional groups attached to an aromatic ring is 1. The molecule has 0 unspecified atom stereocenters. The second-order valence-electron chi connectivity index (χ2n) is 4.31. The van der Waals surface area contributed by atoms with Crippen molar-refractivity contribution in [2.24, 2.45) is 0 Å². The van der Waals surface area contributed by atoms with Crippen LogP contribution in [0.25, 0.3) is 10.9 Å². The zero-order valence-corrected chi connectivity index (χ0v) is 11.9. The van der Waals surface area contributed by atoms with Crippen molar-refractivity contribution in [1.82, 2.24) is 4.98 Å². The van der Waals surface area contributed by atoms with Gasteiger partial charge in [-0.1, -0.05) is 36.0 Å².